The number of hydrogen-bond acceptors (Lipinski definition) is 4. The highest BCUT2D eigenvalue weighted by molar-refractivity contribution is 5.95. The van der Waals surface area contributed by atoms with E-state index in [1.54, 1.807) is 0 Å². The fraction of sp³-hybridized carbons (Fsp3) is 0.550. The van der Waals surface area contributed by atoms with E-state index in [2.05, 4.69) is 16.2 Å². The average molecular weight is 339 g/mol. The van der Waals surface area contributed by atoms with Gasteiger partial charge in [-0.1, -0.05) is 35.7 Å². The Hall–Kier alpha value is -2.17. The summed E-state index contributed by atoms with van der Waals surface area (Å²) in [6.07, 6.45) is 4.09. The van der Waals surface area contributed by atoms with E-state index in [1.807, 2.05) is 37.8 Å². The van der Waals surface area contributed by atoms with Crippen LogP contribution in [0.15, 0.2) is 22.7 Å². The second-order valence-electron chi connectivity index (χ2n) is 7.67. The van der Waals surface area contributed by atoms with Crippen molar-refractivity contribution in [1.29, 1.82) is 0 Å². The minimum Gasteiger partial charge on any atom is -0.339 e. The number of likely N-dealkylation sites (tertiary alicyclic amines) is 1. The summed E-state index contributed by atoms with van der Waals surface area (Å²) in [5.74, 6) is 2.06. The lowest BCUT2D eigenvalue weighted by molar-refractivity contribution is 0.0776. The number of aromatic nitrogens is 2. The van der Waals surface area contributed by atoms with Gasteiger partial charge >= 0.3 is 0 Å². The SMILES string of the molecule is CCc1nc(C23CCCC2CN(C(=O)c2cc(C)cc(C)c2)C3)no1. The summed E-state index contributed by atoms with van der Waals surface area (Å²) in [6.45, 7) is 7.59. The molecule has 1 aliphatic heterocycles. The summed E-state index contributed by atoms with van der Waals surface area (Å²) in [6, 6.07) is 6.07. The van der Waals surface area contributed by atoms with Crippen LogP contribution in [0.25, 0.3) is 0 Å². The Morgan fingerprint density at radius 3 is 2.76 bits per heavy atom. The Balaban J connectivity index is 1.63. The zero-order chi connectivity index (χ0) is 17.6. The van der Waals surface area contributed by atoms with E-state index in [-0.39, 0.29) is 11.3 Å². The van der Waals surface area contributed by atoms with Gasteiger partial charge in [0.25, 0.3) is 5.91 Å². The van der Waals surface area contributed by atoms with Crippen LogP contribution in [0.4, 0.5) is 0 Å². The van der Waals surface area contributed by atoms with E-state index in [1.165, 1.54) is 6.42 Å². The van der Waals surface area contributed by atoms with Crippen molar-refractivity contribution in [3.05, 3.63) is 46.6 Å². The molecule has 1 saturated carbocycles. The maximum Gasteiger partial charge on any atom is 0.253 e. The van der Waals surface area contributed by atoms with Crippen molar-refractivity contribution in [2.75, 3.05) is 13.1 Å². The molecule has 0 radical (unpaired) electrons. The third kappa shape index (κ3) is 2.66. The molecule has 2 aromatic rings. The Labute approximate surface area is 148 Å². The van der Waals surface area contributed by atoms with Crippen molar-refractivity contribution < 1.29 is 9.32 Å². The maximum absolute atomic E-state index is 13.1. The van der Waals surface area contributed by atoms with Crippen LogP contribution in [0.3, 0.4) is 0 Å². The monoisotopic (exact) mass is 339 g/mol. The van der Waals surface area contributed by atoms with Crippen LogP contribution in [0.2, 0.25) is 0 Å². The van der Waals surface area contributed by atoms with Crippen LogP contribution in [0, 0.1) is 19.8 Å². The minimum absolute atomic E-state index is 0.120. The van der Waals surface area contributed by atoms with Crippen LogP contribution in [0.1, 0.15) is 59.4 Å². The Morgan fingerprint density at radius 2 is 2.08 bits per heavy atom. The van der Waals surface area contributed by atoms with Crippen LogP contribution in [0.5, 0.6) is 0 Å². The molecule has 0 bridgehead atoms. The van der Waals surface area contributed by atoms with Crippen LogP contribution in [-0.2, 0) is 11.8 Å². The highest BCUT2D eigenvalue weighted by atomic mass is 16.5. The number of fused-ring (bicyclic) bond motifs is 1. The van der Waals surface area contributed by atoms with Crippen molar-refractivity contribution in [3.8, 4) is 0 Å². The van der Waals surface area contributed by atoms with Gasteiger partial charge in [-0.3, -0.25) is 4.79 Å². The predicted molar refractivity (Wildman–Crippen MR) is 94.5 cm³/mol. The number of aryl methyl sites for hydroxylation is 3. The average Bonchev–Trinajstić information content (AvgIpc) is 3.26. The van der Waals surface area contributed by atoms with Gasteiger partial charge in [-0.05, 0) is 44.7 Å². The fourth-order valence-corrected chi connectivity index (χ4v) is 4.69. The van der Waals surface area contributed by atoms with E-state index in [9.17, 15) is 4.79 Å². The number of carbonyl (C=O) groups excluding carboxylic acids is 1. The van der Waals surface area contributed by atoms with E-state index in [0.717, 1.165) is 48.3 Å². The van der Waals surface area contributed by atoms with Gasteiger partial charge in [0.15, 0.2) is 5.82 Å². The van der Waals surface area contributed by atoms with Gasteiger partial charge in [-0.15, -0.1) is 0 Å². The third-order valence-corrected chi connectivity index (χ3v) is 5.84. The van der Waals surface area contributed by atoms with E-state index in [0.29, 0.717) is 18.4 Å². The predicted octanol–water partition coefficient (Wildman–Crippen LogP) is 3.44. The molecule has 1 aromatic carbocycles. The number of benzene rings is 1. The summed E-state index contributed by atoms with van der Waals surface area (Å²) >= 11 is 0. The molecule has 2 aliphatic rings. The molecule has 25 heavy (non-hydrogen) atoms. The molecule has 5 heteroatoms. The maximum atomic E-state index is 13.1. The molecule has 2 atom stereocenters. The molecule has 2 unspecified atom stereocenters. The molecule has 2 fully saturated rings. The number of nitrogens with zero attached hydrogens (tertiary/aromatic N) is 3. The summed E-state index contributed by atoms with van der Waals surface area (Å²) in [7, 11) is 0. The second kappa shape index (κ2) is 5.97. The zero-order valence-corrected chi connectivity index (χ0v) is 15.2. The van der Waals surface area contributed by atoms with Crippen molar-refractivity contribution in [1.82, 2.24) is 15.0 Å². The van der Waals surface area contributed by atoms with E-state index < -0.39 is 0 Å². The van der Waals surface area contributed by atoms with Crippen molar-refractivity contribution in [2.24, 2.45) is 5.92 Å². The first kappa shape index (κ1) is 16.3. The van der Waals surface area contributed by atoms with Crippen molar-refractivity contribution in [3.63, 3.8) is 0 Å². The molecule has 1 saturated heterocycles. The van der Waals surface area contributed by atoms with Crippen LogP contribution >= 0.6 is 0 Å². The highest BCUT2D eigenvalue weighted by Gasteiger charge is 2.54. The van der Waals surface area contributed by atoms with Crippen LogP contribution in [-0.4, -0.2) is 34.0 Å². The summed E-state index contributed by atoms with van der Waals surface area (Å²) in [4.78, 5) is 19.7. The second-order valence-corrected chi connectivity index (χ2v) is 7.67. The molecule has 2 heterocycles. The molecule has 1 aliphatic carbocycles. The number of amides is 1. The van der Waals surface area contributed by atoms with Crippen molar-refractivity contribution in [2.45, 2.75) is 51.9 Å². The summed E-state index contributed by atoms with van der Waals surface area (Å²) in [5, 5.41) is 4.27. The first-order valence-corrected chi connectivity index (χ1v) is 9.22. The van der Waals surface area contributed by atoms with Crippen LogP contribution < -0.4 is 0 Å². The molecule has 0 N–H and O–H groups in total. The lowest BCUT2D eigenvalue weighted by Gasteiger charge is -2.24. The van der Waals surface area contributed by atoms with Gasteiger partial charge in [0, 0.05) is 25.1 Å². The van der Waals surface area contributed by atoms with Gasteiger partial charge in [0.2, 0.25) is 5.89 Å². The first-order chi connectivity index (χ1) is 12.0. The van der Waals surface area contributed by atoms with E-state index >= 15 is 0 Å². The normalized spacial score (nSPS) is 25.4. The van der Waals surface area contributed by atoms with E-state index in [4.69, 9.17) is 4.52 Å². The standard InChI is InChI=1S/C20H25N3O2/c1-4-17-21-19(22-25-17)20-7-5-6-16(20)11-23(12-20)18(24)15-9-13(2)8-14(3)10-15/h8-10,16H,4-7,11-12H2,1-3H3. The number of rotatable bonds is 3. The lowest BCUT2D eigenvalue weighted by Crippen LogP contribution is -2.35. The minimum atomic E-state index is -0.120. The molecule has 132 valence electrons. The summed E-state index contributed by atoms with van der Waals surface area (Å²) in [5.41, 5.74) is 2.92. The van der Waals surface area contributed by atoms with Gasteiger partial charge in [-0.25, -0.2) is 0 Å². The Kier molecular flexibility index (Phi) is 3.89. The number of carbonyl (C=O) groups is 1. The quantitative estimate of drug-likeness (QED) is 0.859. The molecular weight excluding hydrogens is 314 g/mol. The number of hydrogen-bond donors (Lipinski definition) is 0. The molecule has 0 spiro atoms. The molecule has 1 amide bonds. The first-order valence-electron chi connectivity index (χ1n) is 9.22. The fourth-order valence-electron chi connectivity index (χ4n) is 4.69. The molecular formula is C20H25N3O2. The lowest BCUT2D eigenvalue weighted by atomic mass is 9.80. The van der Waals surface area contributed by atoms with Gasteiger partial charge in [0.05, 0.1) is 5.41 Å². The molecule has 5 nitrogen and oxygen atoms in total. The third-order valence-electron chi connectivity index (χ3n) is 5.84. The summed E-state index contributed by atoms with van der Waals surface area (Å²) < 4.78 is 5.38. The topological polar surface area (TPSA) is 59.2 Å². The van der Waals surface area contributed by atoms with Gasteiger partial charge < -0.3 is 9.42 Å². The zero-order valence-electron chi connectivity index (χ0n) is 15.2. The Bertz CT molecular complexity index is 793. The Morgan fingerprint density at radius 1 is 1.32 bits per heavy atom. The largest absolute Gasteiger partial charge is 0.339 e. The van der Waals surface area contributed by atoms with Gasteiger partial charge in [0.1, 0.15) is 0 Å². The smallest absolute Gasteiger partial charge is 0.253 e. The van der Waals surface area contributed by atoms with Crippen molar-refractivity contribution >= 4 is 5.91 Å². The van der Waals surface area contributed by atoms with Gasteiger partial charge in [-0.2, -0.15) is 4.98 Å². The molecule has 4 rings (SSSR count). The molecule has 1 aromatic heterocycles. The highest BCUT2D eigenvalue weighted by Crippen LogP contribution is 2.49.